The van der Waals surface area contributed by atoms with Gasteiger partial charge in [0, 0.05) is 57.9 Å². The first-order valence-electron chi connectivity index (χ1n) is 8.76. The number of aromatic nitrogens is 2. The van der Waals surface area contributed by atoms with Gasteiger partial charge in [-0.05, 0) is 30.2 Å². The quantitative estimate of drug-likeness (QED) is 0.830. The lowest BCUT2D eigenvalue weighted by Gasteiger charge is -2.36. The van der Waals surface area contributed by atoms with Crippen molar-refractivity contribution in [3.63, 3.8) is 0 Å². The summed E-state index contributed by atoms with van der Waals surface area (Å²) in [5, 5.41) is 13.4. The Kier molecular flexibility index (Phi) is 5.80. The molecule has 2 aromatic heterocycles. The second kappa shape index (κ2) is 8.25. The van der Waals surface area contributed by atoms with Gasteiger partial charge >= 0.3 is 0 Å². The third-order valence-electron chi connectivity index (χ3n) is 4.60. The highest BCUT2D eigenvalue weighted by Crippen LogP contribution is 2.16. The van der Waals surface area contributed by atoms with E-state index in [4.69, 9.17) is 0 Å². The summed E-state index contributed by atoms with van der Waals surface area (Å²) >= 11 is 0. The average molecular weight is 355 g/mol. The standard InChI is InChI=1S/C19H25N5O2/c1-23(2)18-4-3-14(11-21-18)12-24-10-7-16(17(25)13-24)22-19(26)15-5-8-20-9-6-15/h3-6,8-9,11,16-17,25H,7,10,12-13H2,1-2H3,(H,22,26)/t16-,17-/m1/s1. The number of amides is 1. The van der Waals surface area contributed by atoms with Crippen molar-refractivity contribution < 1.29 is 9.90 Å². The van der Waals surface area contributed by atoms with Gasteiger partial charge in [-0.1, -0.05) is 6.07 Å². The Bertz CT molecular complexity index is 720. The third-order valence-corrected chi connectivity index (χ3v) is 4.60. The van der Waals surface area contributed by atoms with Crippen LogP contribution in [0.5, 0.6) is 0 Å². The van der Waals surface area contributed by atoms with Crippen molar-refractivity contribution in [2.75, 3.05) is 32.1 Å². The first-order chi connectivity index (χ1) is 12.5. The van der Waals surface area contributed by atoms with E-state index in [0.717, 1.165) is 24.5 Å². The zero-order chi connectivity index (χ0) is 18.5. The number of pyridine rings is 2. The van der Waals surface area contributed by atoms with Crippen molar-refractivity contribution in [1.29, 1.82) is 0 Å². The van der Waals surface area contributed by atoms with Gasteiger partial charge in [-0.2, -0.15) is 0 Å². The molecule has 1 amide bonds. The van der Waals surface area contributed by atoms with Crippen LogP contribution in [0.15, 0.2) is 42.9 Å². The second-order valence-electron chi connectivity index (χ2n) is 6.83. The van der Waals surface area contributed by atoms with Crippen LogP contribution in [0.3, 0.4) is 0 Å². The van der Waals surface area contributed by atoms with Crippen LogP contribution in [-0.4, -0.2) is 65.2 Å². The number of nitrogens with zero attached hydrogens (tertiary/aromatic N) is 4. The third kappa shape index (κ3) is 4.56. The van der Waals surface area contributed by atoms with Gasteiger partial charge in [0.15, 0.2) is 0 Å². The Hall–Kier alpha value is -2.51. The fourth-order valence-electron chi connectivity index (χ4n) is 3.10. The maximum absolute atomic E-state index is 12.2. The second-order valence-corrected chi connectivity index (χ2v) is 6.83. The number of likely N-dealkylation sites (tertiary alicyclic amines) is 1. The van der Waals surface area contributed by atoms with Crippen molar-refractivity contribution in [1.82, 2.24) is 20.2 Å². The molecule has 1 fully saturated rings. The molecule has 138 valence electrons. The van der Waals surface area contributed by atoms with Crippen LogP contribution in [0.25, 0.3) is 0 Å². The summed E-state index contributed by atoms with van der Waals surface area (Å²) in [5.41, 5.74) is 1.67. The van der Waals surface area contributed by atoms with Crippen molar-refractivity contribution >= 4 is 11.7 Å². The molecule has 0 radical (unpaired) electrons. The van der Waals surface area contributed by atoms with Crippen LogP contribution in [0.2, 0.25) is 0 Å². The number of aliphatic hydroxyl groups is 1. The molecule has 7 heteroatoms. The maximum atomic E-state index is 12.2. The summed E-state index contributed by atoms with van der Waals surface area (Å²) < 4.78 is 0. The zero-order valence-electron chi connectivity index (χ0n) is 15.2. The highest BCUT2D eigenvalue weighted by Gasteiger charge is 2.29. The number of aliphatic hydroxyl groups excluding tert-OH is 1. The number of nitrogens with one attached hydrogen (secondary N) is 1. The summed E-state index contributed by atoms with van der Waals surface area (Å²) in [6, 6.07) is 7.16. The number of β-amino-alcohol motifs (C(OH)–C–C–N with tert-alkyl or cyclic N) is 1. The van der Waals surface area contributed by atoms with Crippen LogP contribution in [-0.2, 0) is 6.54 Å². The Labute approximate surface area is 153 Å². The number of hydrogen-bond donors (Lipinski definition) is 2. The van der Waals surface area contributed by atoms with Gasteiger partial charge in [0.25, 0.3) is 5.91 Å². The first-order valence-corrected chi connectivity index (χ1v) is 8.76. The topological polar surface area (TPSA) is 81.6 Å². The minimum absolute atomic E-state index is 0.173. The molecule has 1 aliphatic heterocycles. The van der Waals surface area contributed by atoms with Gasteiger partial charge in [-0.15, -0.1) is 0 Å². The smallest absolute Gasteiger partial charge is 0.251 e. The monoisotopic (exact) mass is 355 g/mol. The van der Waals surface area contributed by atoms with Crippen LogP contribution in [0.1, 0.15) is 22.3 Å². The number of rotatable bonds is 5. The molecule has 1 saturated heterocycles. The number of anilines is 1. The molecule has 0 aromatic carbocycles. The number of hydrogen-bond acceptors (Lipinski definition) is 6. The summed E-state index contributed by atoms with van der Waals surface area (Å²) in [6.45, 7) is 2.08. The summed E-state index contributed by atoms with van der Waals surface area (Å²) in [5.74, 6) is 0.750. The van der Waals surface area contributed by atoms with E-state index in [9.17, 15) is 9.90 Å². The molecule has 7 nitrogen and oxygen atoms in total. The average Bonchev–Trinajstić information content (AvgIpc) is 2.65. The van der Waals surface area contributed by atoms with Crippen molar-refractivity contribution in [2.24, 2.45) is 0 Å². The molecule has 1 aliphatic rings. The molecule has 0 saturated carbocycles. The lowest BCUT2D eigenvalue weighted by molar-refractivity contribution is 0.0349. The minimum atomic E-state index is -0.594. The summed E-state index contributed by atoms with van der Waals surface area (Å²) in [4.78, 5) is 24.7. The predicted octanol–water partition coefficient (Wildman–Crippen LogP) is 0.908. The van der Waals surface area contributed by atoms with E-state index in [1.54, 1.807) is 24.5 Å². The van der Waals surface area contributed by atoms with E-state index in [1.807, 2.05) is 31.3 Å². The summed E-state index contributed by atoms with van der Waals surface area (Å²) in [6.07, 6.45) is 5.16. The van der Waals surface area contributed by atoms with Gasteiger partial charge in [0.2, 0.25) is 0 Å². The van der Waals surface area contributed by atoms with E-state index in [2.05, 4.69) is 26.3 Å². The maximum Gasteiger partial charge on any atom is 0.251 e. The zero-order valence-corrected chi connectivity index (χ0v) is 15.2. The van der Waals surface area contributed by atoms with Crippen molar-refractivity contribution in [3.05, 3.63) is 54.0 Å². The van der Waals surface area contributed by atoms with Gasteiger partial charge in [-0.25, -0.2) is 4.98 Å². The van der Waals surface area contributed by atoms with Crippen molar-refractivity contribution in [3.8, 4) is 0 Å². The number of carbonyl (C=O) groups is 1. The molecule has 3 heterocycles. The summed E-state index contributed by atoms with van der Waals surface area (Å²) in [7, 11) is 3.92. The fourth-order valence-corrected chi connectivity index (χ4v) is 3.10. The van der Waals surface area contributed by atoms with Crippen LogP contribution in [0.4, 0.5) is 5.82 Å². The normalized spacial score (nSPS) is 20.6. The largest absolute Gasteiger partial charge is 0.390 e. The van der Waals surface area contributed by atoms with E-state index >= 15 is 0 Å². The highest BCUT2D eigenvalue weighted by molar-refractivity contribution is 5.94. The Morgan fingerprint density at radius 1 is 1.31 bits per heavy atom. The fraction of sp³-hybridized carbons (Fsp3) is 0.421. The Morgan fingerprint density at radius 3 is 2.69 bits per heavy atom. The molecule has 0 bridgehead atoms. The van der Waals surface area contributed by atoms with E-state index in [0.29, 0.717) is 18.5 Å². The van der Waals surface area contributed by atoms with E-state index < -0.39 is 6.10 Å². The van der Waals surface area contributed by atoms with E-state index in [-0.39, 0.29) is 11.9 Å². The highest BCUT2D eigenvalue weighted by atomic mass is 16.3. The molecule has 2 N–H and O–H groups in total. The van der Waals surface area contributed by atoms with Crippen LogP contribution < -0.4 is 10.2 Å². The molecular weight excluding hydrogens is 330 g/mol. The molecule has 0 spiro atoms. The lowest BCUT2D eigenvalue weighted by atomic mass is 10.0. The number of piperidine rings is 1. The van der Waals surface area contributed by atoms with Gasteiger partial charge in [0.1, 0.15) is 5.82 Å². The molecule has 0 unspecified atom stereocenters. The van der Waals surface area contributed by atoms with Gasteiger partial charge < -0.3 is 15.3 Å². The first kappa shape index (κ1) is 18.3. The van der Waals surface area contributed by atoms with Crippen LogP contribution >= 0.6 is 0 Å². The molecular formula is C19H25N5O2. The Balaban J connectivity index is 1.52. The molecule has 2 atom stereocenters. The van der Waals surface area contributed by atoms with Gasteiger partial charge in [0.05, 0.1) is 12.1 Å². The molecule has 0 aliphatic carbocycles. The predicted molar refractivity (Wildman–Crippen MR) is 100.0 cm³/mol. The van der Waals surface area contributed by atoms with Crippen molar-refractivity contribution in [2.45, 2.75) is 25.1 Å². The van der Waals surface area contributed by atoms with Gasteiger partial charge in [-0.3, -0.25) is 14.7 Å². The van der Waals surface area contributed by atoms with E-state index in [1.165, 1.54) is 0 Å². The SMILES string of the molecule is CN(C)c1ccc(CN2CC[C@@H](NC(=O)c3ccncc3)[C@H](O)C2)cn1. The minimum Gasteiger partial charge on any atom is -0.390 e. The Morgan fingerprint density at radius 2 is 2.08 bits per heavy atom. The molecule has 2 aromatic rings. The molecule has 26 heavy (non-hydrogen) atoms. The lowest BCUT2D eigenvalue weighted by Crippen LogP contribution is -2.53. The van der Waals surface area contributed by atoms with Crippen LogP contribution in [0, 0.1) is 0 Å². The molecule has 3 rings (SSSR count). The number of carbonyl (C=O) groups excluding carboxylic acids is 1.